The number of hydrogen-bond donors (Lipinski definition) is 0. The van der Waals surface area contributed by atoms with Crippen LogP contribution in [-0.2, 0) is 20.3 Å². The van der Waals surface area contributed by atoms with Crippen molar-refractivity contribution in [2.45, 2.75) is 94.6 Å². The van der Waals surface area contributed by atoms with Gasteiger partial charge in [-0.3, -0.25) is 0 Å². The fraction of sp³-hybridized carbons (Fsp3) is 0.364. The van der Waals surface area contributed by atoms with Gasteiger partial charge in [-0.1, -0.05) is 0 Å². The van der Waals surface area contributed by atoms with Gasteiger partial charge < -0.3 is 24.8 Å². The van der Waals surface area contributed by atoms with E-state index in [-0.39, 0.29) is 24.8 Å². The number of fused-ring (bicyclic) bond motifs is 2. The van der Waals surface area contributed by atoms with E-state index in [1.165, 1.54) is 78.4 Å². The summed E-state index contributed by atoms with van der Waals surface area (Å²) in [5.41, 5.74) is 18.4. The standard InChI is InChI=1S/2C21H23.C2H4.2ClH.Zr/c2*1-4-6-16-13-19-7-5-8-20(21(19)14-16)18-11-9-17(10-12-18)15(2)3;1-2;;;/h2*5,7-15H,4,6H2,1-3H3;1-2H2;2*1H;/q;;;;;+2/p-2. The first-order valence-corrected chi connectivity index (χ1v) is 24.0. The molecule has 4 aromatic carbocycles. The van der Waals surface area contributed by atoms with Crippen LogP contribution in [0, 0.1) is 0 Å². The van der Waals surface area contributed by atoms with Gasteiger partial charge in [0.25, 0.3) is 0 Å². The van der Waals surface area contributed by atoms with E-state index in [2.05, 4.69) is 139 Å². The second-order valence-corrected chi connectivity index (χ2v) is 26.1. The van der Waals surface area contributed by atoms with Gasteiger partial charge in [0.1, 0.15) is 0 Å². The fourth-order valence-electron chi connectivity index (χ4n) is 8.78. The Morgan fingerprint density at radius 3 is 1.26 bits per heavy atom. The van der Waals surface area contributed by atoms with Crippen molar-refractivity contribution in [2.75, 3.05) is 0 Å². The van der Waals surface area contributed by atoms with Crippen LogP contribution in [0.3, 0.4) is 0 Å². The molecule has 7 rings (SSSR count). The molecular weight excluding hydrogens is 691 g/mol. The molecule has 0 N–H and O–H groups in total. The van der Waals surface area contributed by atoms with Gasteiger partial charge in [-0.15, -0.1) is 0 Å². The van der Waals surface area contributed by atoms with Gasteiger partial charge in [0, 0.05) is 0 Å². The molecule has 47 heavy (non-hydrogen) atoms. The SMILES string of the molecule is CCCC1=Cc2c(-c3ccc(C(C)C)cc3)cccc2[CH]1[Zr+2]1([CH]2C(CCC)=Cc3c(-c4ccc(C(C)C)cc4)cccc32)[CH2][CH2]1.[Cl-].[Cl-]. The molecule has 0 aromatic heterocycles. The molecule has 1 heterocycles. The summed E-state index contributed by atoms with van der Waals surface area (Å²) in [5.74, 6) is 1.12. The molecule has 0 radical (unpaired) electrons. The summed E-state index contributed by atoms with van der Waals surface area (Å²) >= 11 is -2.74. The summed E-state index contributed by atoms with van der Waals surface area (Å²) in [4.78, 5) is 0. The van der Waals surface area contributed by atoms with E-state index >= 15 is 0 Å². The van der Waals surface area contributed by atoms with E-state index < -0.39 is 20.3 Å². The van der Waals surface area contributed by atoms with Crippen LogP contribution in [0.15, 0.2) is 96.1 Å². The maximum atomic E-state index is 2.66. The zero-order valence-electron chi connectivity index (χ0n) is 29.0. The molecule has 2 unspecified atom stereocenters. The summed E-state index contributed by atoms with van der Waals surface area (Å²) in [6, 6.07) is 33.4. The van der Waals surface area contributed by atoms with Crippen LogP contribution in [0.2, 0.25) is 8.26 Å². The van der Waals surface area contributed by atoms with Gasteiger partial charge in [-0.05, 0) is 0 Å². The van der Waals surface area contributed by atoms with E-state index in [0.29, 0.717) is 19.1 Å². The van der Waals surface area contributed by atoms with E-state index in [4.69, 9.17) is 0 Å². The van der Waals surface area contributed by atoms with Crippen molar-refractivity contribution in [3.05, 3.63) is 129 Å². The van der Waals surface area contributed by atoms with E-state index in [1.54, 1.807) is 22.3 Å². The number of rotatable bonds is 10. The van der Waals surface area contributed by atoms with Crippen molar-refractivity contribution >= 4 is 12.2 Å². The van der Waals surface area contributed by atoms with Gasteiger partial charge in [-0.25, -0.2) is 0 Å². The van der Waals surface area contributed by atoms with Crippen molar-refractivity contribution in [1.29, 1.82) is 0 Å². The van der Waals surface area contributed by atoms with E-state index in [9.17, 15) is 0 Å². The second kappa shape index (κ2) is 14.7. The van der Waals surface area contributed by atoms with Crippen LogP contribution < -0.4 is 24.8 Å². The molecule has 1 aliphatic heterocycles. The van der Waals surface area contributed by atoms with E-state index in [0.717, 1.165) is 0 Å². The molecule has 1 fully saturated rings. The van der Waals surface area contributed by atoms with Gasteiger partial charge in [0.15, 0.2) is 0 Å². The van der Waals surface area contributed by atoms with Crippen molar-refractivity contribution in [3.63, 3.8) is 0 Å². The van der Waals surface area contributed by atoms with Gasteiger partial charge in [-0.2, -0.15) is 0 Å². The molecular formula is C44H50Cl2Zr. The quantitative estimate of drug-likeness (QED) is 0.159. The molecule has 2 atom stereocenters. The molecule has 244 valence electrons. The van der Waals surface area contributed by atoms with E-state index in [1.807, 2.05) is 0 Å². The predicted molar refractivity (Wildman–Crippen MR) is 193 cm³/mol. The summed E-state index contributed by atoms with van der Waals surface area (Å²) < 4.78 is 4.45. The van der Waals surface area contributed by atoms with Crippen LogP contribution in [0.1, 0.15) is 120 Å². The first kappa shape index (κ1) is 36.1. The fourth-order valence-corrected chi connectivity index (χ4v) is 26.4. The Labute approximate surface area is 301 Å². The van der Waals surface area contributed by atoms with Crippen molar-refractivity contribution in [3.8, 4) is 22.3 Å². The Bertz CT molecular complexity index is 1640. The van der Waals surface area contributed by atoms with Crippen molar-refractivity contribution in [1.82, 2.24) is 0 Å². The monoisotopic (exact) mass is 738 g/mol. The third-order valence-corrected chi connectivity index (χ3v) is 24.2. The Balaban J connectivity index is 0.00000217. The minimum Gasteiger partial charge on any atom is -1.00 e. The van der Waals surface area contributed by atoms with Crippen LogP contribution in [0.4, 0.5) is 0 Å². The number of hydrogen-bond acceptors (Lipinski definition) is 0. The molecule has 3 heteroatoms. The molecule has 0 spiro atoms. The van der Waals surface area contributed by atoms with Crippen LogP contribution in [0.25, 0.3) is 34.4 Å². The average Bonchev–Trinajstić information content (AvgIpc) is 3.60. The minimum atomic E-state index is -2.74. The summed E-state index contributed by atoms with van der Waals surface area (Å²) in [6.07, 6.45) is 10.3. The molecule has 0 bridgehead atoms. The van der Waals surface area contributed by atoms with Crippen LogP contribution in [0.5, 0.6) is 0 Å². The summed E-state index contributed by atoms with van der Waals surface area (Å²) in [6.45, 7) is 13.9. The maximum Gasteiger partial charge on any atom is -1.00 e. The summed E-state index contributed by atoms with van der Waals surface area (Å²) in [7, 11) is 0. The molecule has 3 aliphatic rings. The average molecular weight is 741 g/mol. The smallest absolute Gasteiger partial charge is 1.00 e. The van der Waals surface area contributed by atoms with Gasteiger partial charge >= 0.3 is 279 Å². The maximum absolute atomic E-state index is 2.74. The number of benzene rings is 4. The second-order valence-electron chi connectivity index (χ2n) is 14.7. The normalized spacial score (nSPS) is 18.0. The molecule has 2 aliphatic carbocycles. The summed E-state index contributed by atoms with van der Waals surface area (Å²) in [5, 5.41) is 0. The van der Waals surface area contributed by atoms with Crippen LogP contribution >= 0.6 is 0 Å². The Kier molecular flexibility index (Phi) is 11.3. The number of halogens is 2. The first-order valence-electron chi connectivity index (χ1n) is 17.7. The predicted octanol–water partition coefficient (Wildman–Crippen LogP) is 7.46. The van der Waals surface area contributed by atoms with Crippen molar-refractivity contribution in [2.24, 2.45) is 0 Å². The Hall–Kier alpha value is -2.18. The van der Waals surface area contributed by atoms with Crippen LogP contribution in [-0.4, -0.2) is 0 Å². The van der Waals surface area contributed by atoms with Gasteiger partial charge in [0.2, 0.25) is 0 Å². The van der Waals surface area contributed by atoms with Gasteiger partial charge in [0.05, 0.1) is 0 Å². The number of allylic oxidation sites excluding steroid dienone is 2. The topological polar surface area (TPSA) is 0 Å². The zero-order valence-corrected chi connectivity index (χ0v) is 33.0. The largest absolute Gasteiger partial charge is 1.00 e. The molecule has 4 aromatic rings. The Morgan fingerprint density at radius 1 is 0.553 bits per heavy atom. The molecule has 1 saturated heterocycles. The molecule has 0 saturated carbocycles. The Morgan fingerprint density at radius 2 is 0.936 bits per heavy atom. The third kappa shape index (κ3) is 6.47. The zero-order chi connectivity index (χ0) is 31.3. The first-order chi connectivity index (χ1) is 21.9. The molecule has 0 amide bonds. The van der Waals surface area contributed by atoms with Crippen molar-refractivity contribution < 1.29 is 45.1 Å². The minimum absolute atomic E-state index is 0. The third-order valence-electron chi connectivity index (χ3n) is 11.1. The molecule has 0 nitrogen and oxygen atoms in total.